The van der Waals surface area contributed by atoms with Gasteiger partial charge in [-0.2, -0.15) is 0 Å². The molecule has 1 aliphatic rings. The highest BCUT2D eigenvalue weighted by molar-refractivity contribution is 5.10. The Bertz CT molecular complexity index is 302. The minimum absolute atomic E-state index is 0.489. The molecule has 0 bridgehead atoms. The second kappa shape index (κ2) is 4.81. The number of aromatic nitrogens is 1. The van der Waals surface area contributed by atoms with Crippen LogP contribution in [0.5, 0.6) is 0 Å². The summed E-state index contributed by atoms with van der Waals surface area (Å²) < 4.78 is 7.45. The fraction of sp³-hybridized carbons (Fsp3) is 0.667. The van der Waals surface area contributed by atoms with E-state index >= 15 is 0 Å². The van der Waals surface area contributed by atoms with Gasteiger partial charge in [-0.25, -0.2) is 0 Å². The first kappa shape index (κ1) is 10.7. The Hall–Kier alpha value is -0.800. The number of nitrogens with one attached hydrogen (secondary N) is 1. The van der Waals surface area contributed by atoms with Gasteiger partial charge in [0.25, 0.3) is 0 Å². The molecule has 15 heavy (non-hydrogen) atoms. The van der Waals surface area contributed by atoms with Crippen molar-refractivity contribution in [1.29, 1.82) is 0 Å². The van der Waals surface area contributed by atoms with Crippen molar-refractivity contribution in [2.45, 2.75) is 45.0 Å². The van der Waals surface area contributed by atoms with Crippen molar-refractivity contribution < 1.29 is 4.74 Å². The van der Waals surface area contributed by atoms with Crippen molar-refractivity contribution in [3.8, 4) is 0 Å². The van der Waals surface area contributed by atoms with E-state index in [2.05, 4.69) is 35.3 Å². The Balaban J connectivity index is 1.70. The molecule has 1 saturated carbocycles. The summed E-state index contributed by atoms with van der Waals surface area (Å²) in [6.07, 6.45) is 7.15. The molecule has 0 atom stereocenters. The molecule has 3 heteroatoms. The number of nitrogens with zero attached hydrogens (tertiary/aromatic N) is 1. The van der Waals surface area contributed by atoms with Crippen LogP contribution in [0.1, 0.15) is 25.3 Å². The van der Waals surface area contributed by atoms with Gasteiger partial charge < -0.3 is 14.6 Å². The van der Waals surface area contributed by atoms with Crippen LogP contribution in [0, 0.1) is 0 Å². The van der Waals surface area contributed by atoms with Gasteiger partial charge in [0.1, 0.15) is 0 Å². The quantitative estimate of drug-likeness (QED) is 0.798. The average molecular weight is 208 g/mol. The second-order valence-corrected chi connectivity index (χ2v) is 4.26. The van der Waals surface area contributed by atoms with Crippen LogP contribution in [0.4, 0.5) is 0 Å². The molecule has 2 rings (SSSR count). The Kier molecular flexibility index (Phi) is 3.44. The second-order valence-electron chi connectivity index (χ2n) is 4.26. The lowest BCUT2D eigenvalue weighted by atomic mass is 9.89. The van der Waals surface area contributed by atoms with E-state index < -0.39 is 0 Å². The van der Waals surface area contributed by atoms with Crippen molar-refractivity contribution >= 4 is 0 Å². The van der Waals surface area contributed by atoms with Crippen LogP contribution in [0.2, 0.25) is 0 Å². The first-order chi connectivity index (χ1) is 7.31. The average Bonchev–Trinajstić information content (AvgIpc) is 2.64. The van der Waals surface area contributed by atoms with Crippen molar-refractivity contribution in [2.75, 3.05) is 7.11 Å². The van der Waals surface area contributed by atoms with Gasteiger partial charge in [-0.3, -0.25) is 0 Å². The fourth-order valence-electron chi connectivity index (χ4n) is 1.98. The molecule has 1 aromatic rings. The van der Waals surface area contributed by atoms with Crippen molar-refractivity contribution in [3.63, 3.8) is 0 Å². The van der Waals surface area contributed by atoms with E-state index in [0.29, 0.717) is 12.1 Å². The zero-order valence-corrected chi connectivity index (χ0v) is 9.57. The van der Waals surface area contributed by atoms with Gasteiger partial charge in [-0.05, 0) is 31.4 Å². The van der Waals surface area contributed by atoms with Gasteiger partial charge >= 0.3 is 0 Å². The molecule has 1 N–H and O–H groups in total. The molecular weight excluding hydrogens is 188 g/mol. The summed E-state index contributed by atoms with van der Waals surface area (Å²) in [5, 5.41) is 3.54. The van der Waals surface area contributed by atoms with E-state index in [1.54, 1.807) is 7.11 Å². The van der Waals surface area contributed by atoms with E-state index in [1.165, 1.54) is 5.56 Å². The Labute approximate surface area is 91.4 Å². The summed E-state index contributed by atoms with van der Waals surface area (Å²) in [6.45, 7) is 4.19. The summed E-state index contributed by atoms with van der Waals surface area (Å²) >= 11 is 0. The fourth-order valence-corrected chi connectivity index (χ4v) is 1.98. The molecule has 0 amide bonds. The standard InChI is InChI=1S/C12H20N2O/c1-3-14-5-4-10(9-14)8-13-11-6-12(7-11)15-2/h4-5,9,11-13H,3,6-8H2,1-2H3. The SMILES string of the molecule is CCn1ccc(CNC2CC(OC)C2)c1. The predicted octanol–water partition coefficient (Wildman–Crippen LogP) is 1.77. The summed E-state index contributed by atoms with van der Waals surface area (Å²) in [6, 6.07) is 2.84. The summed E-state index contributed by atoms with van der Waals surface area (Å²) in [7, 11) is 1.79. The van der Waals surface area contributed by atoms with Crippen molar-refractivity contribution in [1.82, 2.24) is 9.88 Å². The van der Waals surface area contributed by atoms with Crippen LogP contribution in [0.15, 0.2) is 18.5 Å². The normalized spacial score (nSPS) is 25.2. The summed E-state index contributed by atoms with van der Waals surface area (Å²) in [5.74, 6) is 0. The zero-order chi connectivity index (χ0) is 10.7. The third-order valence-corrected chi connectivity index (χ3v) is 3.20. The maximum atomic E-state index is 5.25. The molecular formula is C12H20N2O. The predicted molar refractivity (Wildman–Crippen MR) is 60.8 cm³/mol. The van der Waals surface area contributed by atoms with Gasteiger partial charge in [-0.15, -0.1) is 0 Å². The van der Waals surface area contributed by atoms with Gasteiger partial charge in [0.15, 0.2) is 0 Å². The summed E-state index contributed by atoms with van der Waals surface area (Å²) in [4.78, 5) is 0. The van der Waals surface area contributed by atoms with Gasteiger partial charge in [-0.1, -0.05) is 0 Å². The minimum atomic E-state index is 0.489. The topological polar surface area (TPSA) is 26.2 Å². The molecule has 0 saturated heterocycles. The smallest absolute Gasteiger partial charge is 0.0601 e. The molecule has 0 radical (unpaired) electrons. The lowest BCUT2D eigenvalue weighted by Crippen LogP contribution is -2.44. The van der Waals surface area contributed by atoms with Crippen molar-refractivity contribution in [2.24, 2.45) is 0 Å². The molecule has 1 aliphatic carbocycles. The molecule has 1 heterocycles. The van der Waals surface area contributed by atoms with Gasteiger partial charge in [0.05, 0.1) is 6.10 Å². The highest BCUT2D eigenvalue weighted by Gasteiger charge is 2.28. The third kappa shape index (κ3) is 2.61. The van der Waals surface area contributed by atoms with Crippen molar-refractivity contribution in [3.05, 3.63) is 24.0 Å². The lowest BCUT2D eigenvalue weighted by molar-refractivity contribution is 0.0170. The maximum absolute atomic E-state index is 5.25. The highest BCUT2D eigenvalue weighted by Crippen LogP contribution is 2.22. The van der Waals surface area contributed by atoms with E-state index in [9.17, 15) is 0 Å². The number of ether oxygens (including phenoxy) is 1. The lowest BCUT2D eigenvalue weighted by Gasteiger charge is -2.34. The molecule has 1 aromatic heterocycles. The first-order valence-electron chi connectivity index (χ1n) is 5.72. The monoisotopic (exact) mass is 208 g/mol. The summed E-state index contributed by atoms with van der Waals surface area (Å²) in [5.41, 5.74) is 1.37. The molecule has 84 valence electrons. The Morgan fingerprint density at radius 2 is 2.33 bits per heavy atom. The molecule has 0 spiro atoms. The van der Waals surface area contributed by atoms with E-state index in [4.69, 9.17) is 4.74 Å². The number of rotatable bonds is 5. The number of methoxy groups -OCH3 is 1. The number of hydrogen-bond donors (Lipinski definition) is 1. The minimum Gasteiger partial charge on any atom is -0.381 e. The van der Waals surface area contributed by atoms with Crippen LogP contribution in [-0.2, 0) is 17.8 Å². The maximum Gasteiger partial charge on any atom is 0.0601 e. The molecule has 0 unspecified atom stereocenters. The number of hydrogen-bond acceptors (Lipinski definition) is 2. The number of aryl methyl sites for hydroxylation is 1. The van der Waals surface area contributed by atoms with E-state index in [-0.39, 0.29) is 0 Å². The molecule has 3 nitrogen and oxygen atoms in total. The highest BCUT2D eigenvalue weighted by atomic mass is 16.5. The van der Waals surface area contributed by atoms with E-state index in [0.717, 1.165) is 25.9 Å². The third-order valence-electron chi connectivity index (χ3n) is 3.20. The van der Waals surface area contributed by atoms with Gasteiger partial charge in [0, 0.05) is 38.6 Å². The van der Waals surface area contributed by atoms with Crippen LogP contribution >= 0.6 is 0 Å². The molecule has 0 aliphatic heterocycles. The largest absolute Gasteiger partial charge is 0.381 e. The van der Waals surface area contributed by atoms with Crippen LogP contribution in [0.3, 0.4) is 0 Å². The molecule has 1 fully saturated rings. The van der Waals surface area contributed by atoms with Crippen LogP contribution in [-0.4, -0.2) is 23.8 Å². The Morgan fingerprint density at radius 1 is 1.53 bits per heavy atom. The zero-order valence-electron chi connectivity index (χ0n) is 9.57. The molecule has 0 aromatic carbocycles. The van der Waals surface area contributed by atoms with E-state index in [1.807, 2.05) is 0 Å². The van der Waals surface area contributed by atoms with Crippen LogP contribution in [0.25, 0.3) is 0 Å². The van der Waals surface area contributed by atoms with Crippen LogP contribution < -0.4 is 5.32 Å². The Morgan fingerprint density at radius 3 is 2.93 bits per heavy atom. The first-order valence-corrected chi connectivity index (χ1v) is 5.72. The van der Waals surface area contributed by atoms with Gasteiger partial charge in [0.2, 0.25) is 0 Å².